The zero-order valence-corrected chi connectivity index (χ0v) is 13.0. The molecule has 0 saturated carbocycles. The fraction of sp³-hybridized carbons (Fsp3) is 0.917. The van der Waals surface area contributed by atoms with Gasteiger partial charge in [0, 0.05) is 18.6 Å². The Morgan fingerprint density at radius 1 is 1.42 bits per heavy atom. The molecule has 0 aromatic heterocycles. The molecule has 7 heteroatoms. The predicted octanol–water partition coefficient (Wildman–Crippen LogP) is -0.180. The molecule has 1 atom stereocenters. The Kier molecular flexibility index (Phi) is 4.97. The van der Waals surface area contributed by atoms with Crippen LogP contribution in [0.15, 0.2) is 0 Å². The first-order valence-corrected chi connectivity index (χ1v) is 8.47. The third-order valence-corrected chi connectivity index (χ3v) is 4.48. The Balaban J connectivity index is 2.58. The van der Waals surface area contributed by atoms with Crippen LogP contribution in [0.1, 0.15) is 33.6 Å². The van der Waals surface area contributed by atoms with Gasteiger partial charge in [0.2, 0.25) is 15.9 Å². The van der Waals surface area contributed by atoms with Crippen LogP contribution in [0.2, 0.25) is 0 Å². The number of carbonyl (C=O) groups excluding carboxylic acids is 1. The average molecular weight is 291 g/mol. The van der Waals surface area contributed by atoms with Crippen molar-refractivity contribution in [1.29, 1.82) is 0 Å². The number of hydrogen-bond donors (Lipinski definition) is 3. The van der Waals surface area contributed by atoms with Gasteiger partial charge in [0.15, 0.2) is 0 Å². The minimum Gasteiger partial charge on any atom is -0.354 e. The van der Waals surface area contributed by atoms with E-state index in [2.05, 4.69) is 15.4 Å². The second-order valence-electron chi connectivity index (χ2n) is 6.00. The lowest BCUT2D eigenvalue weighted by Crippen LogP contribution is -2.53. The lowest BCUT2D eigenvalue weighted by molar-refractivity contribution is -0.130. The molecular weight excluding hydrogens is 266 g/mol. The van der Waals surface area contributed by atoms with Gasteiger partial charge in [-0.25, -0.2) is 13.1 Å². The van der Waals surface area contributed by atoms with Crippen LogP contribution in [-0.4, -0.2) is 45.8 Å². The molecule has 1 fully saturated rings. The molecule has 1 unspecified atom stereocenters. The van der Waals surface area contributed by atoms with Crippen LogP contribution in [0, 0.1) is 5.41 Å². The van der Waals surface area contributed by atoms with Gasteiger partial charge in [0.1, 0.15) is 0 Å². The van der Waals surface area contributed by atoms with E-state index >= 15 is 0 Å². The fourth-order valence-corrected chi connectivity index (χ4v) is 3.50. The molecule has 0 aromatic carbocycles. The predicted molar refractivity (Wildman–Crippen MR) is 75.3 cm³/mol. The van der Waals surface area contributed by atoms with Gasteiger partial charge in [-0.1, -0.05) is 6.92 Å². The molecule has 1 saturated heterocycles. The molecule has 3 N–H and O–H groups in total. The maximum absolute atomic E-state index is 12.3. The Hall–Kier alpha value is -0.660. The minimum atomic E-state index is -3.28. The van der Waals surface area contributed by atoms with Crippen molar-refractivity contribution in [1.82, 2.24) is 15.4 Å². The quantitative estimate of drug-likeness (QED) is 0.633. The number of rotatable bonds is 6. The van der Waals surface area contributed by atoms with Crippen LogP contribution in [-0.2, 0) is 14.8 Å². The maximum Gasteiger partial charge on any atom is 0.227 e. The van der Waals surface area contributed by atoms with Gasteiger partial charge < -0.3 is 10.6 Å². The SMILES string of the molecule is CCC1(C(=O)NCC(C)(C)NS(C)(=O)=O)CCNC1. The monoisotopic (exact) mass is 291 g/mol. The summed E-state index contributed by atoms with van der Waals surface area (Å²) >= 11 is 0. The van der Waals surface area contributed by atoms with Crippen molar-refractivity contribution >= 4 is 15.9 Å². The van der Waals surface area contributed by atoms with Crippen LogP contribution in [0.3, 0.4) is 0 Å². The maximum atomic E-state index is 12.3. The molecule has 0 spiro atoms. The summed E-state index contributed by atoms with van der Waals surface area (Å²) in [5.74, 6) is 0.00313. The van der Waals surface area contributed by atoms with Gasteiger partial charge >= 0.3 is 0 Å². The van der Waals surface area contributed by atoms with E-state index in [-0.39, 0.29) is 17.9 Å². The summed E-state index contributed by atoms with van der Waals surface area (Å²) < 4.78 is 25.0. The molecule has 6 nitrogen and oxygen atoms in total. The number of nitrogens with one attached hydrogen (secondary N) is 3. The van der Waals surface area contributed by atoms with Gasteiger partial charge in [-0.05, 0) is 33.2 Å². The van der Waals surface area contributed by atoms with E-state index in [1.165, 1.54) is 0 Å². The third kappa shape index (κ3) is 4.74. The van der Waals surface area contributed by atoms with Crippen molar-refractivity contribution in [2.75, 3.05) is 25.9 Å². The zero-order valence-electron chi connectivity index (χ0n) is 12.2. The standard InChI is InChI=1S/C12H25N3O3S/c1-5-12(6-7-13-9-12)10(16)14-8-11(2,3)15-19(4,17)18/h13,15H,5-9H2,1-4H3,(H,14,16). The van der Waals surface area contributed by atoms with Gasteiger partial charge in [-0.2, -0.15) is 0 Å². The van der Waals surface area contributed by atoms with Crippen LogP contribution >= 0.6 is 0 Å². The smallest absolute Gasteiger partial charge is 0.227 e. The molecule has 0 aliphatic carbocycles. The Labute approximate surface area is 115 Å². The normalized spacial score (nSPS) is 24.4. The molecule has 1 aliphatic rings. The molecule has 1 rings (SSSR count). The van der Waals surface area contributed by atoms with E-state index in [4.69, 9.17) is 0 Å². The van der Waals surface area contributed by atoms with Crippen molar-refractivity contribution in [3.8, 4) is 0 Å². The Morgan fingerprint density at radius 3 is 2.47 bits per heavy atom. The topological polar surface area (TPSA) is 87.3 Å². The van der Waals surface area contributed by atoms with E-state index in [1.807, 2.05) is 6.92 Å². The van der Waals surface area contributed by atoms with E-state index in [0.717, 1.165) is 25.6 Å². The third-order valence-electron chi connectivity index (χ3n) is 3.55. The second kappa shape index (κ2) is 5.76. The van der Waals surface area contributed by atoms with E-state index in [1.54, 1.807) is 13.8 Å². The van der Waals surface area contributed by atoms with Gasteiger partial charge in [-0.15, -0.1) is 0 Å². The lowest BCUT2D eigenvalue weighted by atomic mass is 9.83. The molecule has 1 amide bonds. The van der Waals surface area contributed by atoms with Gasteiger partial charge in [0.25, 0.3) is 0 Å². The van der Waals surface area contributed by atoms with Crippen LogP contribution < -0.4 is 15.4 Å². The highest BCUT2D eigenvalue weighted by molar-refractivity contribution is 7.88. The van der Waals surface area contributed by atoms with E-state index in [9.17, 15) is 13.2 Å². The summed E-state index contributed by atoms with van der Waals surface area (Å²) in [4.78, 5) is 12.3. The first-order chi connectivity index (χ1) is 8.60. The minimum absolute atomic E-state index is 0.00313. The van der Waals surface area contributed by atoms with Crippen molar-refractivity contribution in [2.24, 2.45) is 5.41 Å². The first kappa shape index (κ1) is 16.4. The first-order valence-electron chi connectivity index (χ1n) is 6.58. The number of carbonyl (C=O) groups is 1. The number of hydrogen-bond acceptors (Lipinski definition) is 4. The van der Waals surface area contributed by atoms with E-state index < -0.39 is 15.6 Å². The van der Waals surface area contributed by atoms with Crippen LogP contribution in [0.5, 0.6) is 0 Å². The van der Waals surface area contributed by atoms with Crippen LogP contribution in [0.4, 0.5) is 0 Å². The molecule has 0 bridgehead atoms. The summed E-state index contributed by atoms with van der Waals surface area (Å²) in [6.07, 6.45) is 2.73. The van der Waals surface area contributed by atoms with Crippen molar-refractivity contribution in [2.45, 2.75) is 39.2 Å². The van der Waals surface area contributed by atoms with Gasteiger partial charge in [0.05, 0.1) is 11.7 Å². The Morgan fingerprint density at radius 2 is 2.05 bits per heavy atom. The second-order valence-corrected chi connectivity index (χ2v) is 7.75. The largest absolute Gasteiger partial charge is 0.354 e. The molecule has 0 radical (unpaired) electrons. The summed E-state index contributed by atoms with van der Waals surface area (Å²) in [6.45, 7) is 7.33. The van der Waals surface area contributed by atoms with Crippen molar-refractivity contribution in [3.63, 3.8) is 0 Å². The average Bonchev–Trinajstić information content (AvgIpc) is 2.72. The van der Waals surface area contributed by atoms with Crippen LogP contribution in [0.25, 0.3) is 0 Å². The highest BCUT2D eigenvalue weighted by Gasteiger charge is 2.39. The summed E-state index contributed by atoms with van der Waals surface area (Å²) in [5, 5.41) is 6.08. The summed E-state index contributed by atoms with van der Waals surface area (Å²) in [6, 6.07) is 0. The molecular formula is C12H25N3O3S. The zero-order chi connectivity index (χ0) is 14.7. The fourth-order valence-electron chi connectivity index (χ4n) is 2.43. The van der Waals surface area contributed by atoms with Gasteiger partial charge in [-0.3, -0.25) is 4.79 Å². The summed E-state index contributed by atoms with van der Waals surface area (Å²) in [5.41, 5.74) is -1.04. The molecule has 112 valence electrons. The highest BCUT2D eigenvalue weighted by atomic mass is 32.2. The van der Waals surface area contributed by atoms with Crippen molar-refractivity contribution < 1.29 is 13.2 Å². The molecule has 1 heterocycles. The molecule has 19 heavy (non-hydrogen) atoms. The Bertz CT molecular complexity index is 426. The number of amides is 1. The number of sulfonamides is 1. The molecule has 1 aliphatic heterocycles. The lowest BCUT2D eigenvalue weighted by Gasteiger charge is -2.30. The van der Waals surface area contributed by atoms with Crippen molar-refractivity contribution in [3.05, 3.63) is 0 Å². The summed E-state index contributed by atoms with van der Waals surface area (Å²) in [7, 11) is -3.28. The molecule has 0 aromatic rings. The van der Waals surface area contributed by atoms with E-state index in [0.29, 0.717) is 6.54 Å². The highest BCUT2D eigenvalue weighted by Crippen LogP contribution is 2.29.